The molecule has 0 aliphatic carbocycles. The lowest BCUT2D eigenvalue weighted by Crippen LogP contribution is -2.32. The average molecular weight is 404 g/mol. The highest BCUT2D eigenvalue weighted by Gasteiger charge is 2.09. The summed E-state index contributed by atoms with van der Waals surface area (Å²) in [7, 11) is 1.75. The molecular formula is C22H26ClNO4. The van der Waals surface area contributed by atoms with Gasteiger partial charge in [0.25, 0.3) is 5.91 Å². The lowest BCUT2D eigenvalue weighted by molar-refractivity contribution is -0.132. The normalized spacial score (nSPS) is 10.4. The number of hydrogen-bond acceptors (Lipinski definition) is 4. The second kappa shape index (κ2) is 11.3. The summed E-state index contributed by atoms with van der Waals surface area (Å²) < 4.78 is 11.2. The molecule has 2 aromatic carbocycles. The monoisotopic (exact) mass is 403 g/mol. The van der Waals surface area contributed by atoms with Gasteiger partial charge in [-0.05, 0) is 55.7 Å². The zero-order valence-corrected chi connectivity index (χ0v) is 17.1. The summed E-state index contributed by atoms with van der Waals surface area (Å²) in [5.41, 5.74) is 1.07. The van der Waals surface area contributed by atoms with Crippen molar-refractivity contribution in [2.24, 2.45) is 0 Å². The number of rotatable bonds is 11. The number of ketones is 1. The number of halogens is 1. The van der Waals surface area contributed by atoms with Crippen molar-refractivity contribution in [3.8, 4) is 11.5 Å². The van der Waals surface area contributed by atoms with Crippen LogP contribution in [0.4, 0.5) is 0 Å². The van der Waals surface area contributed by atoms with Gasteiger partial charge < -0.3 is 19.2 Å². The van der Waals surface area contributed by atoms with E-state index >= 15 is 0 Å². The molecule has 0 aliphatic rings. The van der Waals surface area contributed by atoms with E-state index in [-0.39, 0.29) is 18.3 Å². The number of carbonyl (C=O) groups is 2. The van der Waals surface area contributed by atoms with Crippen LogP contribution in [0.3, 0.4) is 0 Å². The van der Waals surface area contributed by atoms with Crippen molar-refractivity contribution in [2.75, 3.05) is 26.8 Å². The molecule has 0 radical (unpaired) electrons. The van der Waals surface area contributed by atoms with Gasteiger partial charge in [-0.2, -0.15) is 0 Å². The summed E-state index contributed by atoms with van der Waals surface area (Å²) in [6, 6.07) is 14.7. The summed E-state index contributed by atoms with van der Waals surface area (Å²) in [6.45, 7) is 2.65. The first kappa shape index (κ1) is 21.8. The maximum Gasteiger partial charge on any atom is 0.260 e. The number of likely N-dealkylation sites (N-methyl/N-ethyl adjacent to an activating group) is 1. The highest BCUT2D eigenvalue weighted by molar-refractivity contribution is 6.30. The van der Waals surface area contributed by atoms with Crippen LogP contribution >= 0.6 is 11.6 Å². The molecule has 2 aromatic rings. The van der Waals surface area contributed by atoms with Crippen molar-refractivity contribution in [3.63, 3.8) is 0 Å². The summed E-state index contributed by atoms with van der Waals surface area (Å²) in [5.74, 6) is 1.43. The molecule has 28 heavy (non-hydrogen) atoms. The number of hydrogen-bond donors (Lipinski definition) is 0. The topological polar surface area (TPSA) is 55.8 Å². The van der Waals surface area contributed by atoms with Gasteiger partial charge in [0.05, 0.1) is 6.61 Å². The smallest absolute Gasteiger partial charge is 0.260 e. The van der Waals surface area contributed by atoms with Crippen LogP contribution < -0.4 is 9.47 Å². The van der Waals surface area contributed by atoms with Crippen molar-refractivity contribution in [2.45, 2.75) is 26.2 Å². The summed E-state index contributed by atoms with van der Waals surface area (Å²) in [5, 5.41) is 0.633. The van der Waals surface area contributed by atoms with Crippen LogP contribution in [0.15, 0.2) is 48.5 Å². The minimum Gasteiger partial charge on any atom is -0.493 e. The Kier molecular flexibility index (Phi) is 8.82. The molecule has 6 heteroatoms. The van der Waals surface area contributed by atoms with Crippen molar-refractivity contribution in [3.05, 3.63) is 59.1 Å². The van der Waals surface area contributed by atoms with E-state index in [1.54, 1.807) is 31.0 Å². The maximum absolute atomic E-state index is 12.2. The van der Waals surface area contributed by atoms with Gasteiger partial charge in [0, 0.05) is 25.0 Å². The predicted octanol–water partition coefficient (Wildman–Crippen LogP) is 4.17. The Bertz CT molecular complexity index is 776. The van der Waals surface area contributed by atoms with Gasteiger partial charge >= 0.3 is 0 Å². The minimum atomic E-state index is -0.0941. The third kappa shape index (κ3) is 8.01. The van der Waals surface area contributed by atoms with Crippen molar-refractivity contribution >= 4 is 23.3 Å². The van der Waals surface area contributed by atoms with Crippen LogP contribution in [0.25, 0.3) is 0 Å². The van der Waals surface area contributed by atoms with Gasteiger partial charge in [0.1, 0.15) is 17.3 Å². The highest BCUT2D eigenvalue weighted by Crippen LogP contribution is 2.17. The molecule has 5 nitrogen and oxygen atoms in total. The molecule has 0 unspecified atom stereocenters. The molecule has 0 atom stereocenters. The summed E-state index contributed by atoms with van der Waals surface area (Å²) >= 11 is 5.91. The van der Waals surface area contributed by atoms with Crippen molar-refractivity contribution < 1.29 is 19.1 Å². The fourth-order valence-electron chi connectivity index (χ4n) is 2.50. The molecule has 0 heterocycles. The number of carbonyl (C=O) groups excluding carboxylic acids is 2. The van der Waals surface area contributed by atoms with Crippen LogP contribution in [-0.4, -0.2) is 43.4 Å². The van der Waals surface area contributed by atoms with Gasteiger partial charge in [0.2, 0.25) is 0 Å². The highest BCUT2D eigenvalue weighted by atomic mass is 35.5. The van der Waals surface area contributed by atoms with Crippen molar-refractivity contribution in [1.29, 1.82) is 0 Å². The SMILES string of the molecule is CC(=O)CCc1ccc(OCC(=O)N(C)CCCOc2cccc(Cl)c2)cc1. The van der Waals surface area contributed by atoms with E-state index in [2.05, 4.69) is 0 Å². The molecule has 0 aromatic heterocycles. The average Bonchev–Trinajstić information content (AvgIpc) is 2.68. The molecular weight excluding hydrogens is 378 g/mol. The van der Waals surface area contributed by atoms with Gasteiger partial charge in [-0.3, -0.25) is 4.79 Å². The van der Waals surface area contributed by atoms with E-state index in [1.165, 1.54) is 0 Å². The molecule has 1 amide bonds. The zero-order chi connectivity index (χ0) is 20.4. The van der Waals surface area contributed by atoms with E-state index in [9.17, 15) is 9.59 Å². The lowest BCUT2D eigenvalue weighted by atomic mass is 10.1. The van der Waals surface area contributed by atoms with E-state index in [0.29, 0.717) is 43.2 Å². The number of aryl methyl sites for hydroxylation is 1. The predicted molar refractivity (Wildman–Crippen MR) is 110 cm³/mol. The minimum absolute atomic E-state index is 0.0154. The first-order chi connectivity index (χ1) is 13.4. The molecule has 0 aliphatic heterocycles. The number of ether oxygens (including phenoxy) is 2. The lowest BCUT2D eigenvalue weighted by Gasteiger charge is -2.17. The van der Waals surface area contributed by atoms with E-state index in [0.717, 1.165) is 11.3 Å². The fourth-order valence-corrected chi connectivity index (χ4v) is 2.68. The zero-order valence-electron chi connectivity index (χ0n) is 16.3. The van der Waals surface area contributed by atoms with Crippen LogP contribution in [0.2, 0.25) is 5.02 Å². The molecule has 2 rings (SSSR count). The molecule has 0 spiro atoms. The van der Waals surface area contributed by atoms with E-state index < -0.39 is 0 Å². The molecule has 0 fully saturated rings. The first-order valence-electron chi connectivity index (χ1n) is 9.27. The summed E-state index contributed by atoms with van der Waals surface area (Å²) in [4.78, 5) is 24.8. The Labute approximate surface area is 171 Å². The summed E-state index contributed by atoms with van der Waals surface area (Å²) in [6.07, 6.45) is 1.96. The number of nitrogens with zero attached hydrogens (tertiary/aromatic N) is 1. The van der Waals surface area contributed by atoms with E-state index in [1.807, 2.05) is 36.4 Å². The molecule has 150 valence electrons. The van der Waals surface area contributed by atoms with Crippen LogP contribution in [-0.2, 0) is 16.0 Å². The Morgan fingerprint density at radius 3 is 2.46 bits per heavy atom. The van der Waals surface area contributed by atoms with Gasteiger partial charge in [-0.25, -0.2) is 0 Å². The Hall–Kier alpha value is -2.53. The van der Waals surface area contributed by atoms with Gasteiger partial charge in [0.15, 0.2) is 6.61 Å². The first-order valence-corrected chi connectivity index (χ1v) is 9.65. The number of amides is 1. The van der Waals surface area contributed by atoms with Gasteiger partial charge in [-0.15, -0.1) is 0 Å². The van der Waals surface area contributed by atoms with Crippen LogP contribution in [0, 0.1) is 0 Å². The second-order valence-corrected chi connectivity index (χ2v) is 7.05. The maximum atomic E-state index is 12.2. The Balaban J connectivity index is 1.65. The third-order valence-electron chi connectivity index (χ3n) is 4.18. The van der Waals surface area contributed by atoms with Crippen LogP contribution in [0.5, 0.6) is 11.5 Å². The Morgan fingerprint density at radius 1 is 1.04 bits per heavy atom. The van der Waals surface area contributed by atoms with Crippen molar-refractivity contribution in [1.82, 2.24) is 4.90 Å². The standard InChI is InChI=1S/C22H26ClNO4/c1-17(25)7-8-18-9-11-20(12-10-18)28-16-22(26)24(2)13-4-14-27-21-6-3-5-19(23)15-21/h3,5-6,9-12,15H,4,7-8,13-14,16H2,1-2H3. The molecule has 0 saturated heterocycles. The quantitative estimate of drug-likeness (QED) is 0.528. The molecule has 0 N–H and O–H groups in total. The van der Waals surface area contributed by atoms with E-state index in [4.69, 9.17) is 21.1 Å². The fraction of sp³-hybridized carbons (Fsp3) is 0.364. The molecule has 0 saturated carbocycles. The molecule has 0 bridgehead atoms. The number of benzene rings is 2. The Morgan fingerprint density at radius 2 is 1.79 bits per heavy atom. The largest absolute Gasteiger partial charge is 0.493 e. The van der Waals surface area contributed by atoms with Crippen LogP contribution in [0.1, 0.15) is 25.3 Å². The van der Waals surface area contributed by atoms with Gasteiger partial charge in [-0.1, -0.05) is 29.8 Å². The third-order valence-corrected chi connectivity index (χ3v) is 4.41. The second-order valence-electron chi connectivity index (χ2n) is 6.61. The number of Topliss-reactive ketones (excluding diaryl/α,β-unsaturated/α-hetero) is 1.